The summed E-state index contributed by atoms with van der Waals surface area (Å²) in [5, 5.41) is 2.77. The van der Waals surface area contributed by atoms with Crippen molar-refractivity contribution in [2.45, 2.75) is 6.42 Å². The Morgan fingerprint density at radius 3 is 3.23 bits per heavy atom. The molecule has 0 saturated heterocycles. The van der Waals surface area contributed by atoms with Gasteiger partial charge in [0.2, 0.25) is 0 Å². The van der Waals surface area contributed by atoms with Gasteiger partial charge < -0.3 is 5.73 Å². The lowest BCUT2D eigenvalue weighted by Crippen LogP contribution is -2.16. The van der Waals surface area contributed by atoms with Crippen molar-refractivity contribution in [3.63, 3.8) is 0 Å². The number of aromatic nitrogens is 3. The molecular formula is C8H10N4O. The highest BCUT2D eigenvalue weighted by Crippen LogP contribution is 1.96. The summed E-state index contributed by atoms with van der Waals surface area (Å²) in [6.45, 7) is 0.507. The standard InChI is InChI=1S/C8H10N4O/c9-3-1-6-5-8(13)12-7(11-6)2-4-10-12/h2,4-5,10H,1,3,9H2. The second-order valence-electron chi connectivity index (χ2n) is 2.78. The molecule has 0 fully saturated rings. The van der Waals surface area contributed by atoms with Gasteiger partial charge in [-0.05, 0) is 6.54 Å². The molecule has 0 amide bonds. The first-order valence-electron chi connectivity index (χ1n) is 4.07. The van der Waals surface area contributed by atoms with Crippen molar-refractivity contribution >= 4 is 5.65 Å². The van der Waals surface area contributed by atoms with Gasteiger partial charge in [-0.2, -0.15) is 0 Å². The molecular weight excluding hydrogens is 168 g/mol. The van der Waals surface area contributed by atoms with Crippen molar-refractivity contribution in [3.05, 3.63) is 34.4 Å². The molecule has 0 aliphatic rings. The SMILES string of the molecule is NCCc1cc(=O)n2[nH]ccc2n1. The van der Waals surface area contributed by atoms with Gasteiger partial charge in [0, 0.05) is 30.4 Å². The van der Waals surface area contributed by atoms with Crippen molar-refractivity contribution in [1.29, 1.82) is 0 Å². The lowest BCUT2D eigenvalue weighted by molar-refractivity contribution is 0.856. The second kappa shape index (κ2) is 3.02. The molecule has 13 heavy (non-hydrogen) atoms. The van der Waals surface area contributed by atoms with Crippen LogP contribution in [0.2, 0.25) is 0 Å². The molecule has 5 nitrogen and oxygen atoms in total. The van der Waals surface area contributed by atoms with Crippen molar-refractivity contribution in [2.24, 2.45) is 5.73 Å². The third kappa shape index (κ3) is 1.33. The first kappa shape index (κ1) is 8.00. The molecule has 0 aliphatic carbocycles. The quantitative estimate of drug-likeness (QED) is 0.652. The molecule has 0 saturated carbocycles. The third-order valence-electron chi connectivity index (χ3n) is 1.83. The summed E-state index contributed by atoms with van der Waals surface area (Å²) in [5.74, 6) is 0. The van der Waals surface area contributed by atoms with Crippen LogP contribution in [0.5, 0.6) is 0 Å². The minimum atomic E-state index is -0.0987. The minimum Gasteiger partial charge on any atom is -0.330 e. The fraction of sp³-hybridized carbons (Fsp3) is 0.250. The summed E-state index contributed by atoms with van der Waals surface area (Å²) in [5.41, 5.74) is 6.65. The van der Waals surface area contributed by atoms with Crippen LogP contribution < -0.4 is 11.3 Å². The van der Waals surface area contributed by atoms with Gasteiger partial charge in [-0.3, -0.25) is 9.89 Å². The van der Waals surface area contributed by atoms with Gasteiger partial charge >= 0.3 is 0 Å². The predicted molar refractivity (Wildman–Crippen MR) is 48.6 cm³/mol. The van der Waals surface area contributed by atoms with Crippen molar-refractivity contribution in [3.8, 4) is 0 Å². The molecule has 0 aliphatic heterocycles. The largest absolute Gasteiger partial charge is 0.330 e. The maximum Gasteiger partial charge on any atom is 0.272 e. The molecule has 0 atom stereocenters. The van der Waals surface area contributed by atoms with Gasteiger partial charge in [0.25, 0.3) is 5.56 Å². The van der Waals surface area contributed by atoms with E-state index in [2.05, 4.69) is 10.1 Å². The normalized spacial score (nSPS) is 10.8. The van der Waals surface area contributed by atoms with E-state index in [4.69, 9.17) is 5.73 Å². The topological polar surface area (TPSA) is 76.2 Å². The van der Waals surface area contributed by atoms with E-state index in [1.54, 1.807) is 12.3 Å². The van der Waals surface area contributed by atoms with Gasteiger partial charge in [-0.1, -0.05) is 0 Å². The summed E-state index contributed by atoms with van der Waals surface area (Å²) < 4.78 is 1.39. The molecule has 2 rings (SSSR count). The van der Waals surface area contributed by atoms with Crippen molar-refractivity contribution in [2.75, 3.05) is 6.54 Å². The van der Waals surface area contributed by atoms with Gasteiger partial charge in [-0.15, -0.1) is 0 Å². The van der Waals surface area contributed by atoms with E-state index in [-0.39, 0.29) is 5.56 Å². The fourth-order valence-corrected chi connectivity index (χ4v) is 1.25. The molecule has 0 spiro atoms. The summed E-state index contributed by atoms with van der Waals surface area (Å²) in [7, 11) is 0. The fourth-order valence-electron chi connectivity index (χ4n) is 1.25. The summed E-state index contributed by atoms with van der Waals surface area (Å²) in [6, 6.07) is 3.25. The number of nitrogens with one attached hydrogen (secondary N) is 1. The summed E-state index contributed by atoms with van der Waals surface area (Å²) in [6.07, 6.45) is 2.31. The Balaban J connectivity index is 2.63. The zero-order valence-electron chi connectivity index (χ0n) is 7.03. The number of rotatable bonds is 2. The summed E-state index contributed by atoms with van der Waals surface area (Å²) in [4.78, 5) is 15.6. The number of nitrogens with zero attached hydrogens (tertiary/aromatic N) is 2. The monoisotopic (exact) mass is 178 g/mol. The third-order valence-corrected chi connectivity index (χ3v) is 1.83. The maximum atomic E-state index is 11.4. The molecule has 2 aromatic heterocycles. The summed E-state index contributed by atoms with van der Waals surface area (Å²) >= 11 is 0. The number of nitrogens with two attached hydrogens (primary N) is 1. The predicted octanol–water partition coefficient (Wildman–Crippen LogP) is -0.476. The van der Waals surface area contributed by atoms with Crippen LogP contribution in [0.15, 0.2) is 23.1 Å². The molecule has 0 unspecified atom stereocenters. The highest BCUT2D eigenvalue weighted by molar-refractivity contribution is 5.36. The molecule has 0 aromatic carbocycles. The van der Waals surface area contributed by atoms with E-state index in [0.29, 0.717) is 18.6 Å². The van der Waals surface area contributed by atoms with Gasteiger partial charge in [0.05, 0.1) is 0 Å². The average Bonchev–Trinajstić information content (AvgIpc) is 2.53. The van der Waals surface area contributed by atoms with Crippen LogP contribution in [0.25, 0.3) is 5.65 Å². The number of fused-ring (bicyclic) bond motifs is 1. The number of hydrogen-bond acceptors (Lipinski definition) is 3. The van der Waals surface area contributed by atoms with Gasteiger partial charge in [0.15, 0.2) is 5.65 Å². The van der Waals surface area contributed by atoms with E-state index < -0.39 is 0 Å². The average molecular weight is 178 g/mol. The maximum absolute atomic E-state index is 11.4. The number of H-pyrrole nitrogens is 1. The molecule has 2 aromatic rings. The Hall–Kier alpha value is -1.62. The smallest absolute Gasteiger partial charge is 0.272 e. The highest BCUT2D eigenvalue weighted by atomic mass is 16.1. The first-order valence-corrected chi connectivity index (χ1v) is 4.07. The van der Waals surface area contributed by atoms with Crippen LogP contribution in [0.3, 0.4) is 0 Å². The zero-order chi connectivity index (χ0) is 9.26. The molecule has 2 heterocycles. The van der Waals surface area contributed by atoms with Gasteiger partial charge in [-0.25, -0.2) is 9.50 Å². The number of aromatic amines is 1. The van der Waals surface area contributed by atoms with E-state index in [1.807, 2.05) is 0 Å². The van der Waals surface area contributed by atoms with Crippen molar-refractivity contribution < 1.29 is 0 Å². The Bertz CT molecular complexity index is 470. The van der Waals surface area contributed by atoms with E-state index in [9.17, 15) is 4.79 Å². The van der Waals surface area contributed by atoms with Gasteiger partial charge in [0.1, 0.15) is 0 Å². The number of hydrogen-bond donors (Lipinski definition) is 2. The minimum absolute atomic E-state index is 0.0987. The van der Waals surface area contributed by atoms with E-state index in [1.165, 1.54) is 10.6 Å². The molecule has 0 radical (unpaired) electrons. The van der Waals surface area contributed by atoms with Crippen LogP contribution in [0.4, 0.5) is 0 Å². The highest BCUT2D eigenvalue weighted by Gasteiger charge is 2.00. The van der Waals surface area contributed by atoms with E-state index >= 15 is 0 Å². The second-order valence-corrected chi connectivity index (χ2v) is 2.78. The van der Waals surface area contributed by atoms with Crippen LogP contribution in [0.1, 0.15) is 5.69 Å². The Morgan fingerprint density at radius 1 is 1.62 bits per heavy atom. The van der Waals surface area contributed by atoms with Crippen LogP contribution >= 0.6 is 0 Å². The van der Waals surface area contributed by atoms with Crippen LogP contribution in [-0.4, -0.2) is 21.1 Å². The molecule has 68 valence electrons. The first-order chi connectivity index (χ1) is 6.31. The molecule has 0 bridgehead atoms. The lowest BCUT2D eigenvalue weighted by Gasteiger charge is -1.97. The zero-order valence-corrected chi connectivity index (χ0v) is 7.03. The lowest BCUT2D eigenvalue weighted by atomic mass is 10.3. The molecule has 3 N–H and O–H groups in total. The van der Waals surface area contributed by atoms with Crippen LogP contribution in [-0.2, 0) is 6.42 Å². The van der Waals surface area contributed by atoms with Crippen LogP contribution in [0, 0.1) is 0 Å². The Labute approximate surface area is 74.2 Å². The Morgan fingerprint density at radius 2 is 2.46 bits per heavy atom. The van der Waals surface area contributed by atoms with E-state index in [0.717, 1.165) is 5.69 Å². The Kier molecular flexibility index (Phi) is 1.86. The van der Waals surface area contributed by atoms with Crippen molar-refractivity contribution in [1.82, 2.24) is 14.6 Å². The molecule has 5 heteroatoms.